The molecule has 6 nitrogen and oxygen atoms in total. The van der Waals surface area contributed by atoms with Crippen LogP contribution in [0.3, 0.4) is 0 Å². The monoisotopic (exact) mass is 284 g/mol. The first-order valence-corrected chi connectivity index (χ1v) is 6.24. The topological polar surface area (TPSA) is 83.1 Å². The summed E-state index contributed by atoms with van der Waals surface area (Å²) in [6, 6.07) is 13.7. The number of ether oxygens (including phenoxy) is 2. The number of hydrogen-bond acceptors (Lipinski definition) is 5. The van der Waals surface area contributed by atoms with Crippen LogP contribution < -0.4 is 15.2 Å². The molecule has 0 bridgehead atoms. The summed E-state index contributed by atoms with van der Waals surface area (Å²) >= 11 is 0. The second-order valence-electron chi connectivity index (χ2n) is 4.29. The van der Waals surface area contributed by atoms with Crippen LogP contribution in [-0.2, 0) is 4.84 Å². The molecule has 3 rings (SSSR count). The normalized spacial score (nSPS) is 13.0. The molecule has 2 aromatic carbocycles. The summed E-state index contributed by atoms with van der Waals surface area (Å²) in [4.78, 5) is 16.6. The Morgan fingerprint density at radius 2 is 1.81 bits per heavy atom. The van der Waals surface area contributed by atoms with Gasteiger partial charge in [0.05, 0.1) is 5.56 Å². The van der Waals surface area contributed by atoms with Crippen LogP contribution in [-0.4, -0.2) is 18.6 Å². The Bertz CT molecular complexity index is 698. The fourth-order valence-electron chi connectivity index (χ4n) is 1.83. The Labute approximate surface area is 120 Å². The van der Waals surface area contributed by atoms with Gasteiger partial charge in [0.2, 0.25) is 6.79 Å². The minimum Gasteiger partial charge on any atom is -0.454 e. The van der Waals surface area contributed by atoms with E-state index >= 15 is 0 Å². The fourth-order valence-corrected chi connectivity index (χ4v) is 1.83. The van der Waals surface area contributed by atoms with Gasteiger partial charge in [0, 0.05) is 5.56 Å². The van der Waals surface area contributed by atoms with Crippen LogP contribution >= 0.6 is 0 Å². The number of rotatable bonds is 3. The highest BCUT2D eigenvalue weighted by Crippen LogP contribution is 2.32. The zero-order valence-corrected chi connectivity index (χ0v) is 11.0. The molecule has 1 aliphatic rings. The molecule has 0 fully saturated rings. The smallest absolute Gasteiger partial charge is 0.365 e. The van der Waals surface area contributed by atoms with E-state index in [1.807, 2.05) is 0 Å². The first-order valence-electron chi connectivity index (χ1n) is 6.24. The quantitative estimate of drug-likeness (QED) is 0.403. The average molecular weight is 284 g/mol. The van der Waals surface area contributed by atoms with Crippen molar-refractivity contribution in [2.24, 2.45) is 10.9 Å². The molecule has 106 valence electrons. The lowest BCUT2D eigenvalue weighted by atomic mass is 10.2. The second kappa shape index (κ2) is 5.54. The van der Waals surface area contributed by atoms with Gasteiger partial charge in [-0.15, -0.1) is 0 Å². The fraction of sp³-hybridized carbons (Fsp3) is 0.0667. The summed E-state index contributed by atoms with van der Waals surface area (Å²) < 4.78 is 10.4. The van der Waals surface area contributed by atoms with Crippen LogP contribution in [0.15, 0.2) is 53.7 Å². The summed E-state index contributed by atoms with van der Waals surface area (Å²) in [5, 5.41) is 3.64. The van der Waals surface area contributed by atoms with E-state index in [9.17, 15) is 4.79 Å². The van der Waals surface area contributed by atoms with Crippen LogP contribution in [0.2, 0.25) is 0 Å². The zero-order valence-electron chi connectivity index (χ0n) is 11.0. The molecule has 0 saturated carbocycles. The van der Waals surface area contributed by atoms with E-state index in [4.69, 9.17) is 20.0 Å². The molecule has 0 spiro atoms. The molecule has 6 heteroatoms. The lowest BCUT2D eigenvalue weighted by Crippen LogP contribution is -2.15. The third kappa shape index (κ3) is 2.79. The van der Waals surface area contributed by atoms with E-state index in [0.29, 0.717) is 22.6 Å². The molecule has 21 heavy (non-hydrogen) atoms. The molecule has 0 unspecified atom stereocenters. The molecule has 1 heterocycles. The van der Waals surface area contributed by atoms with E-state index in [-0.39, 0.29) is 12.6 Å². The minimum absolute atomic E-state index is 0.0811. The van der Waals surface area contributed by atoms with Crippen LogP contribution in [0.1, 0.15) is 15.9 Å². The Morgan fingerprint density at radius 3 is 2.62 bits per heavy atom. The number of nitrogens with zero attached hydrogens (tertiary/aromatic N) is 1. The standard InChI is InChI=1S/C15H12N2O4/c16-14(11-6-7-12-13(8-11)20-9-19-12)17-21-15(18)10-4-2-1-3-5-10/h1-8H,9H2,(H2,16,17). The van der Waals surface area contributed by atoms with Gasteiger partial charge in [-0.05, 0) is 30.3 Å². The Morgan fingerprint density at radius 1 is 1.05 bits per heavy atom. The lowest BCUT2D eigenvalue weighted by Gasteiger charge is -2.02. The van der Waals surface area contributed by atoms with E-state index in [1.54, 1.807) is 48.5 Å². The van der Waals surface area contributed by atoms with Gasteiger partial charge in [0.15, 0.2) is 17.3 Å². The van der Waals surface area contributed by atoms with Crippen molar-refractivity contribution in [3.63, 3.8) is 0 Å². The molecule has 0 aromatic heterocycles. The predicted molar refractivity (Wildman–Crippen MR) is 75.1 cm³/mol. The summed E-state index contributed by atoms with van der Waals surface area (Å²) in [5.74, 6) is 0.741. The number of nitrogens with two attached hydrogens (primary N) is 1. The number of carbonyl (C=O) groups excluding carboxylic acids is 1. The molecule has 0 saturated heterocycles. The van der Waals surface area contributed by atoms with Crippen molar-refractivity contribution in [1.29, 1.82) is 0 Å². The van der Waals surface area contributed by atoms with E-state index in [2.05, 4.69) is 5.16 Å². The van der Waals surface area contributed by atoms with Gasteiger partial charge in [-0.1, -0.05) is 23.4 Å². The number of hydrogen-bond donors (Lipinski definition) is 1. The largest absolute Gasteiger partial charge is 0.454 e. The van der Waals surface area contributed by atoms with Crippen molar-refractivity contribution in [2.45, 2.75) is 0 Å². The molecule has 2 aromatic rings. The Hall–Kier alpha value is -3.02. The first-order chi connectivity index (χ1) is 10.2. The van der Waals surface area contributed by atoms with Crippen molar-refractivity contribution in [1.82, 2.24) is 0 Å². The third-order valence-electron chi connectivity index (χ3n) is 2.90. The molecule has 2 N–H and O–H groups in total. The summed E-state index contributed by atoms with van der Waals surface area (Å²) in [7, 11) is 0. The number of amidine groups is 1. The summed E-state index contributed by atoms with van der Waals surface area (Å²) in [6.45, 7) is 0.179. The van der Waals surface area contributed by atoms with Crippen molar-refractivity contribution in [2.75, 3.05) is 6.79 Å². The van der Waals surface area contributed by atoms with Crippen LogP contribution in [0, 0.1) is 0 Å². The van der Waals surface area contributed by atoms with Crippen LogP contribution in [0.4, 0.5) is 0 Å². The maximum atomic E-state index is 11.7. The van der Waals surface area contributed by atoms with Crippen LogP contribution in [0.5, 0.6) is 11.5 Å². The maximum absolute atomic E-state index is 11.7. The third-order valence-corrected chi connectivity index (χ3v) is 2.90. The second-order valence-corrected chi connectivity index (χ2v) is 4.29. The molecule has 0 atom stereocenters. The number of benzene rings is 2. The van der Waals surface area contributed by atoms with Gasteiger partial charge in [0.1, 0.15) is 0 Å². The van der Waals surface area contributed by atoms with Gasteiger partial charge in [0.25, 0.3) is 0 Å². The van der Waals surface area contributed by atoms with Crippen molar-refractivity contribution >= 4 is 11.8 Å². The van der Waals surface area contributed by atoms with Gasteiger partial charge in [-0.2, -0.15) is 0 Å². The molecule has 0 aliphatic carbocycles. The van der Waals surface area contributed by atoms with E-state index < -0.39 is 5.97 Å². The maximum Gasteiger partial charge on any atom is 0.365 e. The van der Waals surface area contributed by atoms with Crippen molar-refractivity contribution in [3.8, 4) is 11.5 Å². The van der Waals surface area contributed by atoms with Crippen molar-refractivity contribution < 1.29 is 19.1 Å². The Balaban J connectivity index is 1.73. The SMILES string of the molecule is N/C(=N\OC(=O)c1ccccc1)c1ccc2c(c1)OCO2. The van der Waals surface area contributed by atoms with Crippen molar-refractivity contribution in [3.05, 3.63) is 59.7 Å². The van der Waals surface area contributed by atoms with Crippen LogP contribution in [0.25, 0.3) is 0 Å². The van der Waals surface area contributed by atoms with Gasteiger partial charge >= 0.3 is 5.97 Å². The highest BCUT2D eigenvalue weighted by molar-refractivity contribution is 5.98. The highest BCUT2D eigenvalue weighted by Gasteiger charge is 2.15. The number of fused-ring (bicyclic) bond motifs is 1. The lowest BCUT2D eigenvalue weighted by molar-refractivity contribution is 0.0516. The van der Waals surface area contributed by atoms with Gasteiger partial charge < -0.3 is 20.0 Å². The summed E-state index contributed by atoms with van der Waals surface area (Å²) in [6.07, 6.45) is 0. The zero-order chi connectivity index (χ0) is 14.7. The minimum atomic E-state index is -0.570. The Kier molecular flexibility index (Phi) is 3.42. The first kappa shape index (κ1) is 13.0. The molecule has 0 radical (unpaired) electrons. The van der Waals surface area contributed by atoms with Gasteiger partial charge in [-0.25, -0.2) is 4.79 Å². The number of carbonyl (C=O) groups is 1. The van der Waals surface area contributed by atoms with E-state index in [1.165, 1.54) is 0 Å². The molecular formula is C15H12N2O4. The number of oxime groups is 1. The van der Waals surface area contributed by atoms with E-state index in [0.717, 1.165) is 0 Å². The molecular weight excluding hydrogens is 272 g/mol. The highest BCUT2D eigenvalue weighted by atomic mass is 16.7. The molecule has 0 amide bonds. The predicted octanol–water partition coefficient (Wildman–Crippen LogP) is 1.89. The summed E-state index contributed by atoms with van der Waals surface area (Å²) in [5.41, 5.74) is 6.78. The van der Waals surface area contributed by atoms with Gasteiger partial charge in [-0.3, -0.25) is 0 Å². The molecule has 1 aliphatic heterocycles. The average Bonchev–Trinajstić information content (AvgIpc) is 3.00.